The van der Waals surface area contributed by atoms with Crippen LogP contribution in [0, 0.1) is 0 Å². The van der Waals surface area contributed by atoms with Gasteiger partial charge in [-0.3, -0.25) is 9.59 Å². The van der Waals surface area contributed by atoms with Crippen LogP contribution in [0.1, 0.15) is 31.4 Å². The Bertz CT molecular complexity index is 412. The van der Waals surface area contributed by atoms with Crippen LogP contribution in [0.2, 0.25) is 0 Å². The molecule has 0 radical (unpaired) electrons. The Morgan fingerprint density at radius 1 is 1.41 bits per heavy atom. The number of carbonyl (C=O) groups is 2. The summed E-state index contributed by atoms with van der Waals surface area (Å²) in [5, 5.41) is 9.84. The molecule has 0 aliphatic rings. The molecule has 0 fully saturated rings. The maximum Gasteiger partial charge on any atom is 0.143 e. The Hall–Kier alpha value is -1.68. The largest absolute Gasteiger partial charge is 0.497 e. The molecule has 0 amide bonds. The van der Waals surface area contributed by atoms with E-state index < -0.39 is 6.10 Å². The van der Waals surface area contributed by atoms with E-state index in [1.165, 1.54) is 14.0 Å². The summed E-state index contributed by atoms with van der Waals surface area (Å²) in [5.41, 5.74) is 0.612. The quantitative estimate of drug-likeness (QED) is 0.763. The van der Waals surface area contributed by atoms with Crippen LogP contribution in [0.3, 0.4) is 0 Å². The topological polar surface area (TPSA) is 63.6 Å². The van der Waals surface area contributed by atoms with Gasteiger partial charge in [-0.2, -0.15) is 0 Å². The van der Waals surface area contributed by atoms with Crippen molar-refractivity contribution in [3.8, 4) is 5.75 Å². The number of ketones is 2. The minimum atomic E-state index is -0.892. The predicted octanol–water partition coefficient (Wildman–Crippen LogP) is 1.67. The average molecular weight is 236 g/mol. The van der Waals surface area contributed by atoms with Crippen molar-refractivity contribution < 1.29 is 19.4 Å². The van der Waals surface area contributed by atoms with Gasteiger partial charge >= 0.3 is 0 Å². The third-order valence-corrected chi connectivity index (χ3v) is 2.35. The number of methoxy groups -OCH3 is 1. The van der Waals surface area contributed by atoms with Crippen LogP contribution in [0.5, 0.6) is 5.75 Å². The number of rotatable bonds is 6. The first-order chi connectivity index (χ1) is 8.02. The van der Waals surface area contributed by atoms with Crippen LogP contribution >= 0.6 is 0 Å². The summed E-state index contributed by atoms with van der Waals surface area (Å²) in [7, 11) is 1.53. The molecular formula is C13H16O4. The Morgan fingerprint density at radius 2 is 2.12 bits per heavy atom. The van der Waals surface area contributed by atoms with E-state index in [0.717, 1.165) is 0 Å². The zero-order valence-corrected chi connectivity index (χ0v) is 9.97. The van der Waals surface area contributed by atoms with Crippen molar-refractivity contribution in [1.82, 2.24) is 0 Å². The van der Waals surface area contributed by atoms with Crippen LogP contribution in [0.15, 0.2) is 24.3 Å². The van der Waals surface area contributed by atoms with Gasteiger partial charge in [-0.15, -0.1) is 0 Å². The van der Waals surface area contributed by atoms with Crippen molar-refractivity contribution in [2.24, 2.45) is 0 Å². The van der Waals surface area contributed by atoms with Gasteiger partial charge in [0.2, 0.25) is 0 Å². The van der Waals surface area contributed by atoms with Crippen molar-refractivity contribution in [3.05, 3.63) is 29.8 Å². The molecule has 92 valence electrons. The van der Waals surface area contributed by atoms with Crippen LogP contribution in [-0.2, 0) is 9.59 Å². The lowest BCUT2D eigenvalue weighted by Gasteiger charge is -2.10. The van der Waals surface area contributed by atoms with Gasteiger partial charge < -0.3 is 9.84 Å². The third-order valence-electron chi connectivity index (χ3n) is 2.35. The van der Waals surface area contributed by atoms with Gasteiger partial charge in [0.05, 0.1) is 19.6 Å². The molecule has 17 heavy (non-hydrogen) atoms. The van der Waals surface area contributed by atoms with Crippen LogP contribution < -0.4 is 4.74 Å². The van der Waals surface area contributed by atoms with Crippen molar-refractivity contribution in [2.45, 2.75) is 25.9 Å². The fraction of sp³-hybridized carbons (Fsp3) is 0.385. The summed E-state index contributed by atoms with van der Waals surface area (Å²) in [4.78, 5) is 22.1. The number of benzene rings is 1. The lowest BCUT2D eigenvalue weighted by Crippen LogP contribution is -2.09. The maximum atomic E-state index is 11.4. The maximum absolute atomic E-state index is 11.4. The van der Waals surface area contributed by atoms with Gasteiger partial charge in [0.1, 0.15) is 17.3 Å². The van der Waals surface area contributed by atoms with Crippen LogP contribution in [0.25, 0.3) is 0 Å². The first kappa shape index (κ1) is 13.4. The fourth-order valence-electron chi connectivity index (χ4n) is 1.53. The van der Waals surface area contributed by atoms with Gasteiger partial charge in [0.25, 0.3) is 0 Å². The normalized spacial score (nSPS) is 11.9. The van der Waals surface area contributed by atoms with Gasteiger partial charge in [-0.1, -0.05) is 12.1 Å². The summed E-state index contributed by atoms with van der Waals surface area (Å²) in [5.74, 6) is 0.182. The highest BCUT2D eigenvalue weighted by atomic mass is 16.5. The molecule has 1 unspecified atom stereocenters. The predicted molar refractivity (Wildman–Crippen MR) is 62.9 cm³/mol. The molecule has 0 aliphatic carbocycles. The Balaban J connectivity index is 2.65. The lowest BCUT2D eigenvalue weighted by molar-refractivity contribution is -0.127. The van der Waals surface area contributed by atoms with Crippen molar-refractivity contribution in [2.75, 3.05) is 7.11 Å². The molecule has 0 saturated heterocycles. The zero-order chi connectivity index (χ0) is 12.8. The average Bonchev–Trinajstić information content (AvgIpc) is 2.27. The standard InChI is InChI=1S/C13H16O4/c1-9(14)6-11(15)8-13(16)10-4-3-5-12(7-10)17-2/h3-5,7,13,16H,6,8H2,1-2H3. The van der Waals surface area contributed by atoms with E-state index in [4.69, 9.17) is 4.74 Å². The zero-order valence-electron chi connectivity index (χ0n) is 9.97. The number of hydrogen-bond acceptors (Lipinski definition) is 4. The Kier molecular flexibility index (Phi) is 4.84. The highest BCUT2D eigenvalue weighted by Gasteiger charge is 2.14. The van der Waals surface area contributed by atoms with Crippen LogP contribution in [-0.4, -0.2) is 23.8 Å². The van der Waals surface area contributed by atoms with Crippen LogP contribution in [0.4, 0.5) is 0 Å². The molecule has 4 nitrogen and oxygen atoms in total. The molecule has 1 aromatic rings. The smallest absolute Gasteiger partial charge is 0.143 e. The third kappa shape index (κ3) is 4.36. The first-order valence-electron chi connectivity index (χ1n) is 5.36. The molecule has 0 bridgehead atoms. The van der Waals surface area contributed by atoms with E-state index in [-0.39, 0.29) is 24.4 Å². The van der Waals surface area contributed by atoms with Gasteiger partial charge in [0, 0.05) is 6.42 Å². The number of aliphatic hydroxyl groups excluding tert-OH is 1. The summed E-state index contributed by atoms with van der Waals surface area (Å²) in [6, 6.07) is 6.89. The summed E-state index contributed by atoms with van der Waals surface area (Å²) in [6.45, 7) is 1.36. The number of Topliss-reactive ketones (excluding diaryl/α,β-unsaturated/α-hetero) is 2. The second kappa shape index (κ2) is 6.15. The van der Waals surface area contributed by atoms with E-state index in [0.29, 0.717) is 11.3 Å². The minimum Gasteiger partial charge on any atom is -0.497 e. The SMILES string of the molecule is COc1cccc(C(O)CC(=O)CC(C)=O)c1. The second-order valence-electron chi connectivity index (χ2n) is 3.91. The van der Waals surface area contributed by atoms with E-state index >= 15 is 0 Å². The number of aliphatic hydroxyl groups is 1. The molecule has 0 saturated carbocycles. The van der Waals surface area contributed by atoms with E-state index in [9.17, 15) is 14.7 Å². The second-order valence-corrected chi connectivity index (χ2v) is 3.91. The molecule has 0 spiro atoms. The molecule has 0 aromatic heterocycles. The number of hydrogen-bond donors (Lipinski definition) is 1. The van der Waals surface area contributed by atoms with Gasteiger partial charge in [0.15, 0.2) is 0 Å². The summed E-state index contributed by atoms with van der Waals surface area (Å²) < 4.78 is 5.02. The summed E-state index contributed by atoms with van der Waals surface area (Å²) in [6.07, 6.45) is -1.06. The van der Waals surface area contributed by atoms with E-state index in [1.807, 2.05) is 0 Å². The molecular weight excluding hydrogens is 220 g/mol. The number of carbonyl (C=O) groups excluding carboxylic acids is 2. The van der Waals surface area contributed by atoms with E-state index in [2.05, 4.69) is 0 Å². The monoisotopic (exact) mass is 236 g/mol. The van der Waals surface area contributed by atoms with Gasteiger partial charge in [-0.05, 0) is 24.6 Å². The van der Waals surface area contributed by atoms with Crippen molar-refractivity contribution >= 4 is 11.6 Å². The fourth-order valence-corrected chi connectivity index (χ4v) is 1.53. The minimum absolute atomic E-state index is 0.0489. The molecule has 1 atom stereocenters. The molecule has 1 N–H and O–H groups in total. The molecule has 4 heteroatoms. The molecule has 0 aliphatic heterocycles. The molecule has 0 heterocycles. The first-order valence-corrected chi connectivity index (χ1v) is 5.36. The Morgan fingerprint density at radius 3 is 2.71 bits per heavy atom. The summed E-state index contributed by atoms with van der Waals surface area (Å²) >= 11 is 0. The Labute approximate surface area is 100 Å². The van der Waals surface area contributed by atoms with E-state index in [1.54, 1.807) is 24.3 Å². The lowest BCUT2D eigenvalue weighted by atomic mass is 10.0. The highest BCUT2D eigenvalue weighted by Crippen LogP contribution is 2.21. The molecule has 1 aromatic carbocycles. The van der Waals surface area contributed by atoms with Crippen molar-refractivity contribution in [3.63, 3.8) is 0 Å². The highest BCUT2D eigenvalue weighted by molar-refractivity contribution is 5.98. The van der Waals surface area contributed by atoms with Crippen molar-refractivity contribution in [1.29, 1.82) is 0 Å². The molecule has 1 rings (SSSR count). The van der Waals surface area contributed by atoms with Gasteiger partial charge in [-0.25, -0.2) is 0 Å². The number of ether oxygens (including phenoxy) is 1.